The quantitative estimate of drug-likeness (QED) is 0.413. The van der Waals surface area contributed by atoms with Crippen LogP contribution in [0.5, 0.6) is 0 Å². The van der Waals surface area contributed by atoms with E-state index in [1.807, 2.05) is 0 Å². The van der Waals surface area contributed by atoms with Crippen LogP contribution < -0.4 is 0 Å². The molecule has 2 heterocycles. The molecule has 3 saturated carbocycles. The Bertz CT molecular complexity index is 702. The predicted molar refractivity (Wildman–Crippen MR) is 120 cm³/mol. The number of aliphatic hydroxyl groups is 1. The van der Waals surface area contributed by atoms with Crippen LogP contribution in [0.2, 0.25) is 0 Å². The van der Waals surface area contributed by atoms with E-state index in [1.165, 1.54) is 44.9 Å². The van der Waals surface area contributed by atoms with Crippen molar-refractivity contribution in [2.45, 2.75) is 116 Å². The highest BCUT2D eigenvalue weighted by molar-refractivity contribution is 5.33. The van der Waals surface area contributed by atoms with E-state index in [4.69, 9.17) is 9.78 Å². The molecule has 2 spiro atoms. The van der Waals surface area contributed by atoms with Gasteiger partial charge in [0.15, 0.2) is 0 Å². The molecular weight excluding hydrogens is 372 g/mol. The van der Waals surface area contributed by atoms with Gasteiger partial charge >= 0.3 is 0 Å². The molecule has 0 aromatic rings. The van der Waals surface area contributed by atoms with E-state index in [9.17, 15) is 5.11 Å². The highest BCUT2D eigenvalue weighted by atomic mass is 17.2. The average molecular weight is 417 g/mol. The molecule has 0 aromatic carbocycles. The van der Waals surface area contributed by atoms with Crippen molar-refractivity contribution in [1.82, 2.24) is 0 Å². The van der Waals surface area contributed by atoms with Crippen molar-refractivity contribution >= 4 is 0 Å². The van der Waals surface area contributed by atoms with Gasteiger partial charge in [-0.2, -0.15) is 0 Å². The van der Waals surface area contributed by atoms with Gasteiger partial charge < -0.3 is 5.11 Å². The Morgan fingerprint density at radius 2 is 1.73 bits per heavy atom. The minimum atomic E-state index is -0.424. The number of fused-ring (bicyclic) bond motifs is 2. The lowest BCUT2D eigenvalue weighted by Gasteiger charge is -2.69. The number of hydrogen-bond acceptors (Lipinski definition) is 3. The second kappa shape index (κ2) is 7.06. The first kappa shape index (κ1) is 21.5. The second-order valence-electron chi connectivity index (χ2n) is 12.7. The van der Waals surface area contributed by atoms with Gasteiger partial charge in [-0.3, -0.25) is 0 Å². The highest BCUT2D eigenvalue weighted by Gasteiger charge is 2.74. The molecule has 0 radical (unpaired) electrons. The topological polar surface area (TPSA) is 38.7 Å². The summed E-state index contributed by atoms with van der Waals surface area (Å²) < 4.78 is 0. The molecule has 3 nitrogen and oxygen atoms in total. The molecule has 9 atom stereocenters. The molecule has 6 unspecified atom stereocenters. The van der Waals surface area contributed by atoms with Gasteiger partial charge in [0.05, 0.1) is 6.10 Å². The summed E-state index contributed by atoms with van der Waals surface area (Å²) in [5.41, 5.74) is -0.240. The Kier molecular flexibility index (Phi) is 5.05. The monoisotopic (exact) mass is 416 g/mol. The van der Waals surface area contributed by atoms with Crippen molar-refractivity contribution in [3.8, 4) is 0 Å². The zero-order valence-corrected chi connectivity index (χ0v) is 20.0. The smallest absolute Gasteiger partial charge is 0.130 e. The fourth-order valence-electron chi connectivity index (χ4n) is 9.12. The Hall–Kier alpha value is -0.380. The zero-order valence-electron chi connectivity index (χ0n) is 20.0. The van der Waals surface area contributed by atoms with Crippen LogP contribution in [0, 0.1) is 40.4 Å². The summed E-state index contributed by atoms with van der Waals surface area (Å²) in [6, 6.07) is 0. The zero-order chi connectivity index (χ0) is 21.4. The normalized spacial score (nSPS) is 52.8. The third kappa shape index (κ3) is 2.73. The van der Waals surface area contributed by atoms with Crippen LogP contribution in [0.1, 0.15) is 98.8 Å². The van der Waals surface area contributed by atoms with E-state index < -0.39 is 5.60 Å². The fraction of sp³-hybridized carbons (Fsp3) is 0.926. The molecule has 2 aliphatic heterocycles. The van der Waals surface area contributed by atoms with Crippen molar-refractivity contribution in [3.05, 3.63) is 12.2 Å². The Labute approximate surface area is 183 Å². The Morgan fingerprint density at radius 1 is 0.933 bits per heavy atom. The fourth-order valence-corrected chi connectivity index (χ4v) is 9.12. The molecule has 170 valence electrons. The van der Waals surface area contributed by atoms with Crippen molar-refractivity contribution in [3.63, 3.8) is 0 Å². The van der Waals surface area contributed by atoms with Gasteiger partial charge in [0.2, 0.25) is 0 Å². The van der Waals surface area contributed by atoms with Crippen LogP contribution in [-0.4, -0.2) is 22.4 Å². The van der Waals surface area contributed by atoms with Crippen molar-refractivity contribution in [2.24, 2.45) is 40.4 Å². The third-order valence-electron chi connectivity index (χ3n) is 10.8. The molecule has 6 rings (SSSR count). The molecule has 0 aromatic heterocycles. The molecular formula is C27H44O3. The molecule has 30 heavy (non-hydrogen) atoms. The van der Waals surface area contributed by atoms with Gasteiger partial charge in [0.1, 0.15) is 11.2 Å². The maximum Gasteiger partial charge on any atom is 0.130 e. The Balaban J connectivity index is 1.42. The lowest BCUT2D eigenvalue weighted by atomic mass is 9.42. The maximum absolute atomic E-state index is 10.4. The van der Waals surface area contributed by atoms with Gasteiger partial charge in [-0.25, -0.2) is 9.78 Å². The standard InChI is InChI=1S/C27H44O3/c1-18(2)7-6-8-19(3)21-9-10-22-24(21,4)13-12-23-25(5)14-11-20(28)17-26(25)15-16-27(22,23)30-29-26/h15-16,18-23,28H,6-14,17H2,1-5H3/t19?,20-,21?,22?,23?,24+,25+,26?,27?/m0/s1. The maximum atomic E-state index is 10.4. The van der Waals surface area contributed by atoms with Crippen molar-refractivity contribution in [1.29, 1.82) is 0 Å². The molecule has 2 bridgehead atoms. The van der Waals surface area contributed by atoms with Crippen LogP contribution in [-0.2, 0) is 9.78 Å². The van der Waals surface area contributed by atoms with Gasteiger partial charge in [0, 0.05) is 23.7 Å². The van der Waals surface area contributed by atoms with Crippen LogP contribution in [0.15, 0.2) is 12.2 Å². The van der Waals surface area contributed by atoms with E-state index in [-0.39, 0.29) is 17.1 Å². The van der Waals surface area contributed by atoms with Crippen LogP contribution in [0.4, 0.5) is 0 Å². The lowest BCUT2D eigenvalue weighted by Crippen LogP contribution is -2.73. The third-order valence-corrected chi connectivity index (χ3v) is 10.8. The second-order valence-corrected chi connectivity index (χ2v) is 12.7. The van der Waals surface area contributed by atoms with E-state index >= 15 is 0 Å². The molecule has 4 fully saturated rings. The highest BCUT2D eigenvalue weighted by Crippen LogP contribution is 2.72. The summed E-state index contributed by atoms with van der Waals surface area (Å²) in [5, 5.41) is 10.4. The van der Waals surface area contributed by atoms with Crippen molar-refractivity contribution in [2.75, 3.05) is 0 Å². The van der Waals surface area contributed by atoms with Gasteiger partial charge in [-0.15, -0.1) is 0 Å². The van der Waals surface area contributed by atoms with Crippen LogP contribution >= 0.6 is 0 Å². The molecule has 4 aliphatic carbocycles. The van der Waals surface area contributed by atoms with Gasteiger partial charge in [-0.05, 0) is 67.8 Å². The van der Waals surface area contributed by atoms with Crippen molar-refractivity contribution < 1.29 is 14.9 Å². The van der Waals surface area contributed by atoms with Crippen LogP contribution in [0.25, 0.3) is 0 Å². The summed E-state index contributed by atoms with van der Waals surface area (Å²) in [6.45, 7) is 12.2. The first-order chi connectivity index (χ1) is 14.2. The van der Waals surface area contributed by atoms with E-state index in [0.717, 1.165) is 30.6 Å². The molecule has 1 saturated heterocycles. The molecule has 3 heteroatoms. The Morgan fingerprint density at radius 3 is 2.43 bits per heavy atom. The summed E-state index contributed by atoms with van der Waals surface area (Å²) in [7, 11) is 0. The van der Waals surface area contributed by atoms with E-state index in [2.05, 4.69) is 46.8 Å². The molecule has 1 N–H and O–H groups in total. The molecule has 0 amide bonds. The minimum absolute atomic E-state index is 0.0848. The van der Waals surface area contributed by atoms with Gasteiger partial charge in [0.25, 0.3) is 0 Å². The van der Waals surface area contributed by atoms with E-state index in [0.29, 0.717) is 23.7 Å². The first-order valence-electron chi connectivity index (χ1n) is 12.9. The summed E-state index contributed by atoms with van der Waals surface area (Å²) in [6.07, 6.45) is 16.4. The number of hydrogen-bond donors (Lipinski definition) is 1. The average Bonchev–Trinajstić information content (AvgIpc) is 3.05. The number of rotatable bonds is 5. The minimum Gasteiger partial charge on any atom is -0.393 e. The van der Waals surface area contributed by atoms with Gasteiger partial charge in [-0.1, -0.05) is 60.0 Å². The SMILES string of the molecule is CC(C)CCCC(C)C1CCC2C34C=CC5(C[C@@H](O)CC[C@]5(C)C3CC[C@]12C)OO4. The largest absolute Gasteiger partial charge is 0.393 e. The summed E-state index contributed by atoms with van der Waals surface area (Å²) in [5.74, 6) is 3.48. The van der Waals surface area contributed by atoms with Crippen LogP contribution in [0.3, 0.4) is 0 Å². The summed E-state index contributed by atoms with van der Waals surface area (Å²) in [4.78, 5) is 12.8. The number of aliphatic hydroxyl groups excluding tert-OH is 1. The lowest BCUT2D eigenvalue weighted by molar-refractivity contribution is -0.497. The van der Waals surface area contributed by atoms with E-state index in [1.54, 1.807) is 0 Å². The first-order valence-corrected chi connectivity index (χ1v) is 12.9. The predicted octanol–water partition coefficient (Wildman–Crippen LogP) is 6.45. The summed E-state index contributed by atoms with van der Waals surface area (Å²) >= 11 is 0. The molecule has 6 aliphatic rings.